The van der Waals surface area contributed by atoms with E-state index in [2.05, 4.69) is 10.5 Å². The van der Waals surface area contributed by atoms with E-state index in [1.165, 1.54) is 31.2 Å². The number of hydrogen-bond acceptors (Lipinski definition) is 5. The number of ether oxygens (including phenoxy) is 1. The summed E-state index contributed by atoms with van der Waals surface area (Å²) in [5.74, 6) is -0.197. The van der Waals surface area contributed by atoms with E-state index in [1.54, 1.807) is 0 Å². The summed E-state index contributed by atoms with van der Waals surface area (Å²) in [5.41, 5.74) is 6.58. The van der Waals surface area contributed by atoms with Gasteiger partial charge in [0.2, 0.25) is 5.91 Å². The molecule has 1 amide bonds. The zero-order valence-electron chi connectivity index (χ0n) is 18.3. The van der Waals surface area contributed by atoms with Crippen LogP contribution in [0, 0.1) is 0 Å². The molecule has 0 saturated carbocycles. The molecule has 0 saturated heterocycles. The van der Waals surface area contributed by atoms with Crippen LogP contribution in [0.4, 0.5) is 13.2 Å². The highest BCUT2D eigenvalue weighted by molar-refractivity contribution is 5.75. The number of nitrogens with one attached hydrogen (secondary N) is 1. The predicted octanol–water partition coefficient (Wildman–Crippen LogP) is 4.55. The Morgan fingerprint density at radius 2 is 2.00 bits per heavy atom. The maximum absolute atomic E-state index is 13.4. The molecule has 1 aromatic heterocycles. The highest BCUT2D eigenvalue weighted by Gasteiger charge is 2.36. The summed E-state index contributed by atoms with van der Waals surface area (Å²) in [5, 5.41) is 6.86. The molecule has 3 rings (SSSR count). The number of nitrogens with zero attached hydrogens (tertiary/aromatic N) is 1. The molecule has 1 aromatic carbocycles. The van der Waals surface area contributed by atoms with Gasteiger partial charge >= 0.3 is 6.18 Å². The number of carbonyl (C=O) groups is 1. The molecule has 3 atom stereocenters. The third-order valence-electron chi connectivity index (χ3n) is 5.60. The van der Waals surface area contributed by atoms with Gasteiger partial charge < -0.3 is 20.3 Å². The Morgan fingerprint density at radius 3 is 2.62 bits per heavy atom. The van der Waals surface area contributed by atoms with E-state index in [1.807, 2.05) is 19.9 Å². The molecule has 6 nitrogen and oxygen atoms in total. The van der Waals surface area contributed by atoms with Gasteiger partial charge in [-0.3, -0.25) is 4.79 Å². The van der Waals surface area contributed by atoms with Gasteiger partial charge in [0.1, 0.15) is 5.69 Å². The number of carbonyl (C=O) groups excluding carboxylic acids is 1. The van der Waals surface area contributed by atoms with Crippen molar-refractivity contribution < 1.29 is 27.2 Å². The molecule has 174 valence electrons. The molecule has 0 aliphatic heterocycles. The van der Waals surface area contributed by atoms with E-state index in [4.69, 9.17) is 15.0 Å². The number of hydrogen-bond donors (Lipinski definition) is 2. The Morgan fingerprint density at radius 1 is 1.31 bits per heavy atom. The van der Waals surface area contributed by atoms with E-state index in [-0.39, 0.29) is 23.3 Å². The lowest BCUT2D eigenvalue weighted by Crippen LogP contribution is -2.56. The summed E-state index contributed by atoms with van der Waals surface area (Å²) in [6, 6.07) is 5.80. The molecular formula is C23H28F3N3O3. The molecule has 1 heterocycles. The highest BCUT2D eigenvalue weighted by atomic mass is 19.4. The number of alkyl halides is 3. The summed E-state index contributed by atoms with van der Waals surface area (Å²) in [6.07, 6.45) is -1.26. The van der Waals surface area contributed by atoms with Crippen molar-refractivity contribution in [3.05, 3.63) is 47.7 Å². The van der Waals surface area contributed by atoms with Gasteiger partial charge in [-0.15, -0.1) is 0 Å². The lowest BCUT2D eigenvalue weighted by atomic mass is 9.86. The summed E-state index contributed by atoms with van der Waals surface area (Å²) < 4.78 is 51.7. The van der Waals surface area contributed by atoms with Crippen molar-refractivity contribution >= 4 is 11.5 Å². The minimum Gasteiger partial charge on any atom is -0.369 e. The summed E-state index contributed by atoms with van der Waals surface area (Å²) in [4.78, 5) is 11.7. The Balaban J connectivity index is 1.95. The van der Waals surface area contributed by atoms with Crippen molar-refractivity contribution in [2.24, 2.45) is 5.73 Å². The van der Waals surface area contributed by atoms with Crippen LogP contribution in [0.2, 0.25) is 0 Å². The van der Waals surface area contributed by atoms with Crippen LogP contribution in [0.3, 0.4) is 0 Å². The molecule has 1 aliphatic carbocycles. The first-order chi connectivity index (χ1) is 15.1. The van der Waals surface area contributed by atoms with Gasteiger partial charge in [-0.1, -0.05) is 37.2 Å². The van der Waals surface area contributed by atoms with Crippen molar-refractivity contribution in [2.75, 3.05) is 0 Å². The molecule has 2 aromatic rings. The Hall–Kier alpha value is -2.65. The van der Waals surface area contributed by atoms with Crippen LogP contribution in [0.1, 0.15) is 51.3 Å². The van der Waals surface area contributed by atoms with Crippen LogP contribution in [0.25, 0.3) is 16.9 Å². The van der Waals surface area contributed by atoms with E-state index in [0.29, 0.717) is 17.7 Å². The fraction of sp³-hybridized carbons (Fsp3) is 0.478. The lowest BCUT2D eigenvalue weighted by Gasteiger charge is -2.36. The molecule has 0 bridgehead atoms. The Kier molecular flexibility index (Phi) is 7.40. The number of benzene rings is 1. The average Bonchev–Trinajstić information content (AvgIpc) is 3.23. The van der Waals surface area contributed by atoms with Crippen molar-refractivity contribution in [3.8, 4) is 11.3 Å². The average molecular weight is 451 g/mol. The molecule has 0 radical (unpaired) electrons. The predicted molar refractivity (Wildman–Crippen MR) is 114 cm³/mol. The normalized spacial score (nSPS) is 21.5. The standard InChI is InChI=1S/C23H28F3N3O3/c1-4-15(5-2)31-21-11-14(10-18(27)22(21)28-13(3)30)19-12-20(32-29-19)16-8-6-7-9-17(16)23(24,25)26/h6-9,11-12,15,18,21-22H,4-5,10,27H2,1-3H3,(H,28,30)/t18-,21+,22+/m0/s1. The molecular weight excluding hydrogens is 423 g/mol. The topological polar surface area (TPSA) is 90.4 Å². The second-order valence-corrected chi connectivity index (χ2v) is 7.95. The van der Waals surface area contributed by atoms with Crippen LogP contribution < -0.4 is 11.1 Å². The van der Waals surface area contributed by atoms with Gasteiger partial charge in [0.05, 0.1) is 23.8 Å². The van der Waals surface area contributed by atoms with E-state index < -0.39 is 29.9 Å². The van der Waals surface area contributed by atoms with E-state index in [9.17, 15) is 18.0 Å². The molecule has 1 aliphatic rings. The summed E-state index contributed by atoms with van der Waals surface area (Å²) in [7, 11) is 0. The van der Waals surface area contributed by atoms with Crippen LogP contribution in [0.15, 0.2) is 40.9 Å². The van der Waals surface area contributed by atoms with Gasteiger partial charge in [0.15, 0.2) is 5.76 Å². The lowest BCUT2D eigenvalue weighted by molar-refractivity contribution is -0.137. The number of halogens is 3. The second kappa shape index (κ2) is 9.87. The summed E-state index contributed by atoms with van der Waals surface area (Å²) in [6.45, 7) is 5.44. The van der Waals surface area contributed by atoms with Crippen molar-refractivity contribution in [3.63, 3.8) is 0 Å². The van der Waals surface area contributed by atoms with Crippen LogP contribution >= 0.6 is 0 Å². The van der Waals surface area contributed by atoms with Crippen molar-refractivity contribution in [2.45, 2.75) is 70.5 Å². The van der Waals surface area contributed by atoms with Crippen LogP contribution in [-0.2, 0) is 15.7 Å². The third-order valence-corrected chi connectivity index (χ3v) is 5.60. The summed E-state index contributed by atoms with van der Waals surface area (Å²) >= 11 is 0. The van der Waals surface area contributed by atoms with Gasteiger partial charge in [0.25, 0.3) is 0 Å². The Labute approximate surface area is 185 Å². The first-order valence-corrected chi connectivity index (χ1v) is 10.7. The van der Waals surface area contributed by atoms with Crippen molar-refractivity contribution in [1.82, 2.24) is 10.5 Å². The number of rotatable bonds is 7. The molecule has 3 N–H and O–H groups in total. The smallest absolute Gasteiger partial charge is 0.369 e. The third kappa shape index (κ3) is 5.39. The molecule has 0 fully saturated rings. The van der Waals surface area contributed by atoms with Crippen molar-refractivity contribution in [1.29, 1.82) is 0 Å². The number of aromatic nitrogens is 1. The van der Waals surface area contributed by atoms with E-state index in [0.717, 1.165) is 18.9 Å². The maximum Gasteiger partial charge on any atom is 0.417 e. The van der Waals surface area contributed by atoms with Gasteiger partial charge in [-0.05, 0) is 37.0 Å². The quantitative estimate of drug-likeness (QED) is 0.644. The zero-order valence-corrected chi connectivity index (χ0v) is 18.3. The minimum absolute atomic E-state index is 0.0174. The number of nitrogens with two attached hydrogens (primary N) is 1. The molecule has 9 heteroatoms. The SMILES string of the molecule is CCC(CC)O[C@@H]1C=C(c2cc(-c3ccccc3C(F)(F)F)on2)C[C@H](N)[C@H]1NC(C)=O. The second-order valence-electron chi connectivity index (χ2n) is 7.95. The molecule has 32 heavy (non-hydrogen) atoms. The van der Waals surface area contributed by atoms with Crippen LogP contribution in [-0.4, -0.2) is 35.4 Å². The maximum atomic E-state index is 13.4. The Bertz CT molecular complexity index is 967. The van der Waals surface area contributed by atoms with E-state index >= 15 is 0 Å². The fourth-order valence-corrected chi connectivity index (χ4v) is 3.93. The minimum atomic E-state index is -4.52. The first-order valence-electron chi connectivity index (χ1n) is 10.7. The molecule has 0 unspecified atom stereocenters. The zero-order chi connectivity index (χ0) is 23.5. The first kappa shape index (κ1) is 24.0. The highest BCUT2D eigenvalue weighted by Crippen LogP contribution is 2.38. The van der Waals surface area contributed by atoms with Gasteiger partial charge in [-0.25, -0.2) is 0 Å². The fourth-order valence-electron chi connectivity index (χ4n) is 3.93. The van der Waals surface area contributed by atoms with Gasteiger partial charge in [-0.2, -0.15) is 13.2 Å². The van der Waals surface area contributed by atoms with Gasteiger partial charge in [0, 0.05) is 24.6 Å². The van der Waals surface area contributed by atoms with Crippen LogP contribution in [0.5, 0.6) is 0 Å². The number of amides is 1. The monoisotopic (exact) mass is 451 g/mol. The molecule has 0 spiro atoms. The largest absolute Gasteiger partial charge is 0.417 e.